The van der Waals surface area contributed by atoms with Crippen LogP contribution in [0.15, 0.2) is 42.5 Å². The second-order valence-electron chi connectivity index (χ2n) is 6.56. The smallest absolute Gasteiger partial charge is 0.256 e. The molecule has 2 amide bonds. The van der Waals surface area contributed by atoms with E-state index in [0.717, 1.165) is 18.4 Å². The Labute approximate surface area is 147 Å². The Morgan fingerprint density at radius 2 is 1.68 bits per heavy atom. The lowest BCUT2D eigenvalue weighted by Crippen LogP contribution is -2.32. The van der Waals surface area contributed by atoms with E-state index < -0.39 is 0 Å². The zero-order valence-electron chi connectivity index (χ0n) is 14.3. The number of rotatable bonds is 4. The summed E-state index contributed by atoms with van der Waals surface area (Å²) in [6, 6.07) is 12.5. The van der Waals surface area contributed by atoms with Crippen molar-refractivity contribution in [2.75, 3.05) is 11.1 Å². The zero-order chi connectivity index (χ0) is 17.8. The van der Waals surface area contributed by atoms with Gasteiger partial charge in [-0.2, -0.15) is 0 Å². The van der Waals surface area contributed by atoms with Gasteiger partial charge in [0, 0.05) is 28.5 Å². The first-order chi connectivity index (χ1) is 12.0. The molecule has 1 aliphatic rings. The van der Waals surface area contributed by atoms with E-state index in [1.165, 1.54) is 12.8 Å². The molecule has 0 spiro atoms. The second-order valence-corrected chi connectivity index (χ2v) is 6.56. The molecular weight excluding hydrogens is 314 g/mol. The van der Waals surface area contributed by atoms with Gasteiger partial charge in [0.05, 0.1) is 0 Å². The Balaban J connectivity index is 1.64. The molecular formula is C20H23N3O2. The third-order valence-electron chi connectivity index (χ3n) is 4.60. The predicted molar refractivity (Wildman–Crippen MR) is 99.7 cm³/mol. The number of hydrogen-bond donors (Lipinski definition) is 3. The maximum Gasteiger partial charge on any atom is 0.256 e. The number of nitrogens with two attached hydrogens (primary N) is 1. The summed E-state index contributed by atoms with van der Waals surface area (Å²) in [6.45, 7) is 1.87. The SMILES string of the molecule is Cc1ccc(N)cc1C(=O)Nc1ccc(C(=O)NC2CCCC2)cc1. The van der Waals surface area contributed by atoms with Gasteiger partial charge in [-0.1, -0.05) is 18.9 Å². The molecule has 1 fully saturated rings. The van der Waals surface area contributed by atoms with E-state index in [0.29, 0.717) is 28.5 Å². The van der Waals surface area contributed by atoms with Gasteiger partial charge < -0.3 is 16.4 Å². The third-order valence-corrected chi connectivity index (χ3v) is 4.60. The van der Waals surface area contributed by atoms with Crippen LogP contribution in [0, 0.1) is 6.92 Å². The van der Waals surface area contributed by atoms with Gasteiger partial charge in [-0.15, -0.1) is 0 Å². The molecule has 1 saturated carbocycles. The van der Waals surface area contributed by atoms with Gasteiger partial charge in [0.25, 0.3) is 11.8 Å². The number of amides is 2. The van der Waals surface area contributed by atoms with Crippen LogP contribution in [-0.2, 0) is 0 Å². The molecule has 25 heavy (non-hydrogen) atoms. The lowest BCUT2D eigenvalue weighted by atomic mass is 10.1. The predicted octanol–water partition coefficient (Wildman–Crippen LogP) is 3.50. The minimum atomic E-state index is -0.215. The third kappa shape index (κ3) is 4.18. The van der Waals surface area contributed by atoms with Crippen LogP contribution in [0.4, 0.5) is 11.4 Å². The van der Waals surface area contributed by atoms with E-state index in [-0.39, 0.29) is 11.8 Å². The van der Waals surface area contributed by atoms with Crippen molar-refractivity contribution < 1.29 is 9.59 Å². The van der Waals surface area contributed by atoms with E-state index in [2.05, 4.69) is 10.6 Å². The van der Waals surface area contributed by atoms with Crippen LogP contribution >= 0.6 is 0 Å². The van der Waals surface area contributed by atoms with Crippen LogP contribution in [0.1, 0.15) is 52.0 Å². The van der Waals surface area contributed by atoms with Crippen molar-refractivity contribution in [3.05, 3.63) is 59.2 Å². The number of carbonyl (C=O) groups is 2. The summed E-state index contributed by atoms with van der Waals surface area (Å²) >= 11 is 0. The molecule has 1 aliphatic carbocycles. The molecule has 0 bridgehead atoms. The van der Waals surface area contributed by atoms with Gasteiger partial charge >= 0.3 is 0 Å². The molecule has 5 nitrogen and oxygen atoms in total. The Hall–Kier alpha value is -2.82. The topological polar surface area (TPSA) is 84.2 Å². The van der Waals surface area contributed by atoms with E-state index in [1.54, 1.807) is 36.4 Å². The summed E-state index contributed by atoms with van der Waals surface area (Å²) in [6.07, 6.45) is 4.47. The van der Waals surface area contributed by atoms with Gasteiger partial charge in [-0.05, 0) is 61.7 Å². The van der Waals surface area contributed by atoms with Crippen molar-refractivity contribution in [3.8, 4) is 0 Å². The molecule has 0 heterocycles. The van der Waals surface area contributed by atoms with Crippen LogP contribution in [0.2, 0.25) is 0 Å². The van der Waals surface area contributed by atoms with Gasteiger partial charge in [-0.25, -0.2) is 0 Å². The van der Waals surface area contributed by atoms with E-state index in [4.69, 9.17) is 5.73 Å². The Kier molecular flexibility index (Phi) is 5.03. The number of hydrogen-bond acceptors (Lipinski definition) is 3. The molecule has 4 N–H and O–H groups in total. The highest BCUT2D eigenvalue weighted by Gasteiger charge is 2.18. The molecule has 130 valence electrons. The summed E-state index contributed by atoms with van der Waals surface area (Å²) in [5, 5.41) is 5.89. The fraction of sp³-hybridized carbons (Fsp3) is 0.300. The number of aryl methyl sites for hydroxylation is 1. The van der Waals surface area contributed by atoms with Crippen molar-refractivity contribution in [2.24, 2.45) is 0 Å². The Morgan fingerprint density at radius 3 is 2.36 bits per heavy atom. The molecule has 2 aromatic rings. The van der Waals surface area contributed by atoms with Gasteiger partial charge in [-0.3, -0.25) is 9.59 Å². The maximum absolute atomic E-state index is 12.4. The fourth-order valence-electron chi connectivity index (χ4n) is 3.13. The van der Waals surface area contributed by atoms with Gasteiger partial charge in [0.2, 0.25) is 0 Å². The first-order valence-electron chi connectivity index (χ1n) is 8.61. The number of nitrogen functional groups attached to an aromatic ring is 1. The standard InChI is InChI=1S/C20H23N3O2/c1-13-6-9-15(21)12-18(13)20(25)23-17-10-7-14(8-11-17)19(24)22-16-4-2-3-5-16/h6-12,16H,2-5,21H2,1H3,(H,22,24)(H,23,25). The minimum absolute atomic E-state index is 0.0588. The second kappa shape index (κ2) is 7.38. The largest absolute Gasteiger partial charge is 0.399 e. The van der Waals surface area contributed by atoms with Crippen molar-refractivity contribution in [2.45, 2.75) is 38.6 Å². The quantitative estimate of drug-likeness (QED) is 0.747. The monoisotopic (exact) mass is 337 g/mol. The van der Waals surface area contributed by atoms with Crippen LogP contribution in [-0.4, -0.2) is 17.9 Å². The van der Waals surface area contributed by atoms with E-state index in [9.17, 15) is 9.59 Å². The highest BCUT2D eigenvalue weighted by atomic mass is 16.2. The lowest BCUT2D eigenvalue weighted by Gasteiger charge is -2.12. The number of anilines is 2. The Morgan fingerprint density at radius 1 is 1.00 bits per heavy atom. The minimum Gasteiger partial charge on any atom is -0.399 e. The molecule has 0 unspecified atom stereocenters. The molecule has 0 aliphatic heterocycles. The summed E-state index contributed by atoms with van der Waals surface area (Å²) in [4.78, 5) is 24.6. The van der Waals surface area contributed by atoms with Crippen molar-refractivity contribution in [1.82, 2.24) is 5.32 Å². The zero-order valence-corrected chi connectivity index (χ0v) is 14.3. The summed E-state index contributed by atoms with van der Waals surface area (Å²) in [5.41, 5.74) is 8.95. The molecule has 0 saturated heterocycles. The average molecular weight is 337 g/mol. The lowest BCUT2D eigenvalue weighted by molar-refractivity contribution is 0.0937. The molecule has 5 heteroatoms. The van der Waals surface area contributed by atoms with Crippen LogP contribution in [0.3, 0.4) is 0 Å². The number of carbonyl (C=O) groups excluding carboxylic acids is 2. The van der Waals surface area contributed by atoms with E-state index >= 15 is 0 Å². The van der Waals surface area contributed by atoms with Crippen molar-refractivity contribution in [3.63, 3.8) is 0 Å². The molecule has 0 radical (unpaired) electrons. The summed E-state index contributed by atoms with van der Waals surface area (Å²) in [5.74, 6) is -0.274. The summed E-state index contributed by atoms with van der Waals surface area (Å²) in [7, 11) is 0. The van der Waals surface area contributed by atoms with Crippen LogP contribution in [0.25, 0.3) is 0 Å². The number of nitrogens with one attached hydrogen (secondary N) is 2. The molecule has 0 atom stereocenters. The summed E-state index contributed by atoms with van der Waals surface area (Å²) < 4.78 is 0. The first kappa shape index (κ1) is 17.0. The first-order valence-corrected chi connectivity index (χ1v) is 8.61. The molecule has 2 aromatic carbocycles. The van der Waals surface area contributed by atoms with Crippen LogP contribution < -0.4 is 16.4 Å². The van der Waals surface area contributed by atoms with Gasteiger partial charge in [0.15, 0.2) is 0 Å². The van der Waals surface area contributed by atoms with E-state index in [1.807, 2.05) is 13.0 Å². The van der Waals surface area contributed by atoms with Crippen LogP contribution in [0.5, 0.6) is 0 Å². The normalized spacial score (nSPS) is 14.3. The maximum atomic E-state index is 12.4. The Bertz CT molecular complexity index is 778. The van der Waals surface area contributed by atoms with Crippen molar-refractivity contribution in [1.29, 1.82) is 0 Å². The van der Waals surface area contributed by atoms with Gasteiger partial charge in [0.1, 0.15) is 0 Å². The molecule has 0 aromatic heterocycles. The average Bonchev–Trinajstić information content (AvgIpc) is 3.10. The fourth-order valence-corrected chi connectivity index (χ4v) is 3.13. The molecule has 3 rings (SSSR count). The van der Waals surface area contributed by atoms with Crippen molar-refractivity contribution >= 4 is 23.2 Å². The number of benzene rings is 2. The highest BCUT2D eigenvalue weighted by Crippen LogP contribution is 2.19. The highest BCUT2D eigenvalue weighted by molar-refractivity contribution is 6.06.